The van der Waals surface area contributed by atoms with Gasteiger partial charge < -0.3 is 25.3 Å². The predicted molar refractivity (Wildman–Crippen MR) is 132 cm³/mol. The second-order valence-electron chi connectivity index (χ2n) is 8.83. The number of nitrogens with one attached hydrogen (secondary N) is 3. The van der Waals surface area contributed by atoms with Crippen LogP contribution in [0.3, 0.4) is 0 Å². The zero-order valence-electron chi connectivity index (χ0n) is 19.8. The van der Waals surface area contributed by atoms with Gasteiger partial charge in [-0.1, -0.05) is 6.07 Å². The highest BCUT2D eigenvalue weighted by molar-refractivity contribution is 6.02. The van der Waals surface area contributed by atoms with Crippen LogP contribution in [0.25, 0.3) is 22.2 Å². The lowest BCUT2D eigenvalue weighted by atomic mass is 10.0. The van der Waals surface area contributed by atoms with Gasteiger partial charge in [0.1, 0.15) is 29.4 Å². The lowest BCUT2D eigenvalue weighted by molar-refractivity contribution is 0.386. The molecule has 10 heteroatoms. The maximum absolute atomic E-state index is 14.4. The number of piperazine rings is 1. The standard InChI is InChI=1S/C25H27F2N7O/c1-14-11-34(12-15(2)32-14)21-6-4-5-17(33-21)9-28-24-22-19(10-29-25(22)31-13-30-24)18-7-16(26)8-20(27)23(18)35-3/h4-8,10,13-15,32H,9,11-12H2,1-3H3,(H2,28,29,30,31)/t14-,15+. The smallest absolute Gasteiger partial charge is 0.168 e. The third-order valence-electron chi connectivity index (χ3n) is 6.08. The molecule has 0 radical (unpaired) electrons. The number of methoxy groups -OCH3 is 1. The second-order valence-corrected chi connectivity index (χ2v) is 8.83. The number of benzene rings is 1. The van der Waals surface area contributed by atoms with Crippen molar-refractivity contribution < 1.29 is 13.5 Å². The Morgan fingerprint density at radius 2 is 1.91 bits per heavy atom. The van der Waals surface area contributed by atoms with E-state index >= 15 is 0 Å². The summed E-state index contributed by atoms with van der Waals surface area (Å²) in [4.78, 5) is 18.9. The molecule has 0 saturated carbocycles. The van der Waals surface area contributed by atoms with Crippen LogP contribution in [-0.2, 0) is 6.54 Å². The van der Waals surface area contributed by atoms with Crippen LogP contribution >= 0.6 is 0 Å². The highest BCUT2D eigenvalue weighted by atomic mass is 19.1. The summed E-state index contributed by atoms with van der Waals surface area (Å²) >= 11 is 0. The summed E-state index contributed by atoms with van der Waals surface area (Å²) in [5.41, 5.74) is 2.19. The van der Waals surface area contributed by atoms with Crippen molar-refractivity contribution in [1.82, 2.24) is 25.3 Å². The fourth-order valence-corrected chi connectivity index (χ4v) is 4.71. The molecule has 35 heavy (non-hydrogen) atoms. The topological polar surface area (TPSA) is 91.0 Å². The molecule has 4 heterocycles. The zero-order valence-corrected chi connectivity index (χ0v) is 19.8. The number of halogens is 2. The minimum absolute atomic E-state index is 0.0454. The maximum atomic E-state index is 14.4. The summed E-state index contributed by atoms with van der Waals surface area (Å²) in [5.74, 6) is -0.0671. The lowest BCUT2D eigenvalue weighted by Crippen LogP contribution is -2.54. The number of H-pyrrole nitrogens is 1. The van der Waals surface area contributed by atoms with Crippen molar-refractivity contribution >= 4 is 22.7 Å². The van der Waals surface area contributed by atoms with Crippen molar-refractivity contribution in [1.29, 1.82) is 0 Å². The van der Waals surface area contributed by atoms with Crippen LogP contribution < -0.4 is 20.3 Å². The molecule has 0 bridgehead atoms. The van der Waals surface area contributed by atoms with E-state index < -0.39 is 11.6 Å². The van der Waals surface area contributed by atoms with Crippen LogP contribution in [0.2, 0.25) is 0 Å². The molecule has 0 aliphatic carbocycles. The van der Waals surface area contributed by atoms with Crippen LogP contribution in [0.15, 0.2) is 42.9 Å². The maximum Gasteiger partial charge on any atom is 0.168 e. The molecule has 0 amide bonds. The molecule has 1 aliphatic rings. The van der Waals surface area contributed by atoms with Gasteiger partial charge in [0.25, 0.3) is 0 Å². The van der Waals surface area contributed by atoms with E-state index in [1.54, 1.807) is 6.20 Å². The van der Waals surface area contributed by atoms with E-state index in [1.165, 1.54) is 19.5 Å². The number of aromatic amines is 1. The largest absolute Gasteiger partial charge is 0.493 e. The number of hydrogen-bond donors (Lipinski definition) is 3. The number of pyridine rings is 1. The van der Waals surface area contributed by atoms with E-state index in [9.17, 15) is 8.78 Å². The molecule has 8 nitrogen and oxygen atoms in total. The van der Waals surface area contributed by atoms with Gasteiger partial charge in [0, 0.05) is 48.6 Å². The van der Waals surface area contributed by atoms with Crippen molar-refractivity contribution in [2.45, 2.75) is 32.5 Å². The molecule has 1 aromatic carbocycles. The first kappa shape index (κ1) is 23.0. The third-order valence-corrected chi connectivity index (χ3v) is 6.08. The number of rotatable bonds is 6. The van der Waals surface area contributed by atoms with Crippen molar-refractivity contribution in [3.8, 4) is 16.9 Å². The number of fused-ring (bicyclic) bond motifs is 1. The minimum atomic E-state index is -0.777. The van der Waals surface area contributed by atoms with Crippen LogP contribution in [0.1, 0.15) is 19.5 Å². The Kier molecular flexibility index (Phi) is 6.21. The normalized spacial score (nSPS) is 18.1. The molecule has 1 aliphatic heterocycles. The summed E-state index contributed by atoms with van der Waals surface area (Å²) in [5, 5.41) is 7.46. The van der Waals surface area contributed by atoms with Crippen molar-refractivity contribution in [3.05, 3.63) is 60.2 Å². The summed E-state index contributed by atoms with van der Waals surface area (Å²) < 4.78 is 33.7. The quantitative estimate of drug-likeness (QED) is 0.384. The number of nitrogens with zero attached hydrogens (tertiary/aromatic N) is 4. The Morgan fingerprint density at radius 1 is 1.11 bits per heavy atom. The molecular formula is C25H27F2N7O. The van der Waals surface area contributed by atoms with Crippen molar-refractivity contribution in [2.75, 3.05) is 30.4 Å². The summed E-state index contributed by atoms with van der Waals surface area (Å²) in [7, 11) is 1.35. The summed E-state index contributed by atoms with van der Waals surface area (Å²) in [6.45, 7) is 6.53. The van der Waals surface area contributed by atoms with Gasteiger partial charge in [0.15, 0.2) is 11.6 Å². The van der Waals surface area contributed by atoms with Crippen LogP contribution in [0.4, 0.5) is 20.4 Å². The molecular weight excluding hydrogens is 452 g/mol. The molecule has 3 N–H and O–H groups in total. The monoisotopic (exact) mass is 479 g/mol. The summed E-state index contributed by atoms with van der Waals surface area (Å²) in [6, 6.07) is 8.77. The fraction of sp³-hybridized carbons (Fsp3) is 0.320. The first-order valence-corrected chi connectivity index (χ1v) is 11.5. The number of ether oxygens (including phenoxy) is 1. The number of aromatic nitrogens is 4. The average molecular weight is 480 g/mol. The molecule has 5 rings (SSSR count). The van der Waals surface area contributed by atoms with Gasteiger partial charge in [0.05, 0.1) is 24.7 Å². The van der Waals surface area contributed by atoms with Crippen LogP contribution in [0, 0.1) is 11.6 Å². The summed E-state index contributed by atoms with van der Waals surface area (Å²) in [6.07, 6.45) is 3.08. The molecule has 2 atom stereocenters. The Balaban J connectivity index is 1.45. The highest BCUT2D eigenvalue weighted by Gasteiger charge is 2.22. The van der Waals surface area contributed by atoms with Gasteiger partial charge in [0.2, 0.25) is 0 Å². The van der Waals surface area contributed by atoms with E-state index in [0.29, 0.717) is 41.0 Å². The second kappa shape index (κ2) is 9.46. The van der Waals surface area contributed by atoms with Gasteiger partial charge >= 0.3 is 0 Å². The van der Waals surface area contributed by atoms with Crippen LogP contribution in [-0.4, -0.2) is 52.2 Å². The van der Waals surface area contributed by atoms with Gasteiger partial charge in [-0.25, -0.2) is 23.7 Å². The SMILES string of the molecule is COc1c(F)cc(F)cc1-c1c[nH]c2ncnc(NCc3cccc(N4C[C@@H](C)N[C@@H](C)C4)n3)c12. The van der Waals surface area contributed by atoms with Crippen molar-refractivity contribution in [3.63, 3.8) is 0 Å². The number of hydrogen-bond acceptors (Lipinski definition) is 7. The molecule has 182 valence electrons. The fourth-order valence-electron chi connectivity index (χ4n) is 4.71. The van der Waals surface area contributed by atoms with E-state index in [1.807, 2.05) is 18.2 Å². The third kappa shape index (κ3) is 4.61. The van der Waals surface area contributed by atoms with Crippen LogP contribution in [0.5, 0.6) is 5.75 Å². The minimum Gasteiger partial charge on any atom is -0.493 e. The predicted octanol–water partition coefficient (Wildman–Crippen LogP) is 4.11. The first-order chi connectivity index (χ1) is 16.9. The first-order valence-electron chi connectivity index (χ1n) is 11.5. The molecule has 3 aromatic heterocycles. The average Bonchev–Trinajstić information content (AvgIpc) is 3.27. The van der Waals surface area contributed by atoms with E-state index in [4.69, 9.17) is 9.72 Å². The highest BCUT2D eigenvalue weighted by Crippen LogP contribution is 2.39. The molecule has 0 spiro atoms. The van der Waals surface area contributed by atoms with Gasteiger partial charge in [-0.05, 0) is 32.0 Å². The zero-order chi connectivity index (χ0) is 24.5. The number of anilines is 2. The molecule has 0 unspecified atom stereocenters. The Bertz CT molecular complexity index is 1350. The Hall–Kier alpha value is -3.79. The molecule has 4 aromatic rings. The van der Waals surface area contributed by atoms with E-state index in [-0.39, 0.29) is 11.3 Å². The van der Waals surface area contributed by atoms with E-state index in [2.05, 4.69) is 44.3 Å². The Labute approximate surface area is 201 Å². The molecule has 1 fully saturated rings. The van der Waals surface area contributed by atoms with Gasteiger partial charge in [-0.15, -0.1) is 0 Å². The van der Waals surface area contributed by atoms with E-state index in [0.717, 1.165) is 30.7 Å². The van der Waals surface area contributed by atoms with Crippen molar-refractivity contribution in [2.24, 2.45) is 0 Å². The lowest BCUT2D eigenvalue weighted by Gasteiger charge is -2.37. The molecule has 1 saturated heterocycles. The Morgan fingerprint density at radius 3 is 2.69 bits per heavy atom. The van der Waals surface area contributed by atoms with Gasteiger partial charge in [-0.3, -0.25) is 0 Å². The van der Waals surface area contributed by atoms with Gasteiger partial charge in [-0.2, -0.15) is 0 Å².